The minimum absolute atomic E-state index is 0.0466. The van der Waals surface area contributed by atoms with Crippen molar-refractivity contribution in [3.63, 3.8) is 0 Å². The largest absolute Gasteiger partial charge is 0.379 e. The number of rotatable bonds is 7. The number of nitrogens with one attached hydrogen (secondary N) is 1. The number of ether oxygens (including phenoxy) is 1. The van der Waals surface area contributed by atoms with E-state index in [0.29, 0.717) is 19.0 Å². The Morgan fingerprint density at radius 1 is 1.39 bits per heavy atom. The third-order valence-electron chi connectivity index (χ3n) is 3.24. The van der Waals surface area contributed by atoms with Crippen molar-refractivity contribution in [2.75, 3.05) is 45.9 Å². The Hall–Kier alpha value is -0.650. The van der Waals surface area contributed by atoms with E-state index in [2.05, 4.69) is 24.1 Å². The molecular weight excluding hydrogens is 230 g/mol. The molecule has 106 valence electrons. The predicted molar refractivity (Wildman–Crippen MR) is 72.3 cm³/mol. The van der Waals surface area contributed by atoms with Crippen LogP contribution in [0.1, 0.15) is 20.3 Å². The minimum atomic E-state index is -0.0466. The molecule has 1 amide bonds. The fourth-order valence-electron chi connectivity index (χ4n) is 2.19. The van der Waals surface area contributed by atoms with Crippen molar-refractivity contribution in [1.82, 2.24) is 10.2 Å². The summed E-state index contributed by atoms with van der Waals surface area (Å²) in [5.74, 6) is 0.553. The smallest absolute Gasteiger partial charge is 0.224 e. The zero-order valence-electron chi connectivity index (χ0n) is 11.7. The molecule has 5 heteroatoms. The Morgan fingerprint density at radius 2 is 2.06 bits per heavy atom. The third-order valence-corrected chi connectivity index (χ3v) is 3.24. The number of nitrogens with two attached hydrogens (primary N) is 1. The molecule has 18 heavy (non-hydrogen) atoms. The number of nitrogens with zero attached hydrogens (tertiary/aromatic N) is 1. The van der Waals surface area contributed by atoms with Gasteiger partial charge in [0.05, 0.1) is 19.1 Å². The molecule has 0 saturated carbocycles. The van der Waals surface area contributed by atoms with Crippen molar-refractivity contribution in [2.45, 2.75) is 20.3 Å². The number of carbonyl (C=O) groups is 1. The molecule has 0 aromatic heterocycles. The average molecular weight is 257 g/mol. The molecule has 0 bridgehead atoms. The van der Waals surface area contributed by atoms with E-state index in [9.17, 15) is 4.79 Å². The van der Waals surface area contributed by atoms with Gasteiger partial charge in [0.1, 0.15) is 0 Å². The number of carbonyl (C=O) groups excluding carboxylic acids is 1. The maximum atomic E-state index is 11.9. The minimum Gasteiger partial charge on any atom is -0.379 e. The first-order chi connectivity index (χ1) is 8.63. The van der Waals surface area contributed by atoms with E-state index in [1.807, 2.05) is 0 Å². The van der Waals surface area contributed by atoms with Crippen molar-refractivity contribution in [3.05, 3.63) is 0 Å². The molecule has 5 nitrogen and oxygen atoms in total. The van der Waals surface area contributed by atoms with E-state index in [-0.39, 0.29) is 11.8 Å². The molecule has 1 aliphatic rings. The van der Waals surface area contributed by atoms with Crippen LogP contribution in [0.3, 0.4) is 0 Å². The lowest BCUT2D eigenvalue weighted by Gasteiger charge is -2.26. The zero-order valence-corrected chi connectivity index (χ0v) is 11.7. The lowest BCUT2D eigenvalue weighted by molar-refractivity contribution is -0.125. The van der Waals surface area contributed by atoms with Crippen LogP contribution in [-0.4, -0.2) is 56.7 Å². The van der Waals surface area contributed by atoms with Crippen molar-refractivity contribution in [2.24, 2.45) is 17.6 Å². The Labute approximate surface area is 110 Å². The van der Waals surface area contributed by atoms with Crippen LogP contribution in [0.15, 0.2) is 0 Å². The van der Waals surface area contributed by atoms with Gasteiger partial charge in [-0.1, -0.05) is 13.8 Å². The second-order valence-electron chi connectivity index (χ2n) is 5.31. The SMILES string of the molecule is CC(C)CC(CN)C(=O)NCCN1CCOCC1. The van der Waals surface area contributed by atoms with Gasteiger partial charge in [-0.15, -0.1) is 0 Å². The van der Waals surface area contributed by atoms with Gasteiger partial charge in [0.15, 0.2) is 0 Å². The van der Waals surface area contributed by atoms with Crippen LogP contribution in [0.2, 0.25) is 0 Å². The first-order valence-electron chi connectivity index (χ1n) is 6.91. The van der Waals surface area contributed by atoms with Crippen LogP contribution >= 0.6 is 0 Å². The van der Waals surface area contributed by atoms with Gasteiger partial charge in [0, 0.05) is 32.7 Å². The summed E-state index contributed by atoms with van der Waals surface area (Å²) in [4.78, 5) is 14.2. The van der Waals surface area contributed by atoms with Gasteiger partial charge in [0.2, 0.25) is 5.91 Å². The molecule has 1 atom stereocenters. The molecule has 1 heterocycles. The summed E-state index contributed by atoms with van der Waals surface area (Å²) in [6.45, 7) is 9.78. The molecule has 0 aromatic carbocycles. The Bertz CT molecular complexity index is 240. The molecule has 0 radical (unpaired) electrons. The van der Waals surface area contributed by atoms with Crippen LogP contribution in [-0.2, 0) is 9.53 Å². The molecule has 3 N–H and O–H groups in total. The van der Waals surface area contributed by atoms with E-state index in [0.717, 1.165) is 39.3 Å². The highest BCUT2D eigenvalue weighted by Crippen LogP contribution is 2.10. The van der Waals surface area contributed by atoms with Crippen molar-refractivity contribution in [1.29, 1.82) is 0 Å². The van der Waals surface area contributed by atoms with Gasteiger partial charge < -0.3 is 15.8 Å². The first kappa shape index (κ1) is 15.4. The maximum Gasteiger partial charge on any atom is 0.224 e. The van der Waals surface area contributed by atoms with Crippen LogP contribution in [0.4, 0.5) is 0 Å². The van der Waals surface area contributed by atoms with E-state index >= 15 is 0 Å². The molecule has 1 aliphatic heterocycles. The zero-order chi connectivity index (χ0) is 13.4. The molecule has 1 fully saturated rings. The molecule has 0 spiro atoms. The molecule has 0 aromatic rings. The van der Waals surface area contributed by atoms with Crippen LogP contribution in [0, 0.1) is 11.8 Å². The van der Waals surface area contributed by atoms with Gasteiger partial charge in [-0.05, 0) is 12.3 Å². The highest BCUT2D eigenvalue weighted by molar-refractivity contribution is 5.78. The fraction of sp³-hybridized carbons (Fsp3) is 0.923. The standard InChI is InChI=1S/C13H27N3O2/c1-11(2)9-12(10-14)13(17)15-3-4-16-5-7-18-8-6-16/h11-12H,3-10,14H2,1-2H3,(H,15,17). The predicted octanol–water partition coefficient (Wildman–Crippen LogP) is 0.0558. The highest BCUT2D eigenvalue weighted by Gasteiger charge is 2.18. The molecule has 0 aliphatic carbocycles. The summed E-state index contributed by atoms with van der Waals surface area (Å²) in [6.07, 6.45) is 0.861. The number of hydrogen-bond donors (Lipinski definition) is 2. The molecule has 1 unspecified atom stereocenters. The van der Waals surface area contributed by atoms with E-state index < -0.39 is 0 Å². The molecule has 1 saturated heterocycles. The van der Waals surface area contributed by atoms with Crippen LogP contribution < -0.4 is 11.1 Å². The molecular formula is C13H27N3O2. The second kappa shape index (κ2) is 8.45. The Balaban J connectivity index is 2.18. The van der Waals surface area contributed by atoms with Gasteiger partial charge in [-0.3, -0.25) is 9.69 Å². The normalized spacial score (nSPS) is 18.9. The maximum absolute atomic E-state index is 11.9. The topological polar surface area (TPSA) is 67.6 Å². The van der Waals surface area contributed by atoms with Gasteiger partial charge in [-0.2, -0.15) is 0 Å². The summed E-state index contributed by atoms with van der Waals surface area (Å²) in [7, 11) is 0. The lowest BCUT2D eigenvalue weighted by Crippen LogP contribution is -2.43. The van der Waals surface area contributed by atoms with Crippen molar-refractivity contribution in [3.8, 4) is 0 Å². The summed E-state index contributed by atoms with van der Waals surface area (Å²) in [5, 5.41) is 2.98. The summed E-state index contributed by atoms with van der Waals surface area (Å²) >= 11 is 0. The summed E-state index contributed by atoms with van der Waals surface area (Å²) in [6, 6.07) is 0. The second-order valence-corrected chi connectivity index (χ2v) is 5.31. The number of amides is 1. The van der Waals surface area contributed by atoms with Crippen LogP contribution in [0.25, 0.3) is 0 Å². The fourth-order valence-corrected chi connectivity index (χ4v) is 2.19. The van der Waals surface area contributed by atoms with Gasteiger partial charge >= 0.3 is 0 Å². The summed E-state index contributed by atoms with van der Waals surface area (Å²) < 4.78 is 5.28. The van der Waals surface area contributed by atoms with E-state index in [1.165, 1.54) is 0 Å². The first-order valence-corrected chi connectivity index (χ1v) is 6.91. The lowest BCUT2D eigenvalue weighted by atomic mass is 9.96. The monoisotopic (exact) mass is 257 g/mol. The van der Waals surface area contributed by atoms with Crippen LogP contribution in [0.5, 0.6) is 0 Å². The average Bonchev–Trinajstić information content (AvgIpc) is 2.36. The van der Waals surface area contributed by atoms with Crippen molar-refractivity contribution >= 4 is 5.91 Å². The highest BCUT2D eigenvalue weighted by atomic mass is 16.5. The Kier molecular flexibility index (Phi) is 7.23. The number of morpholine rings is 1. The van der Waals surface area contributed by atoms with Gasteiger partial charge in [0.25, 0.3) is 0 Å². The summed E-state index contributed by atoms with van der Waals surface area (Å²) in [5.41, 5.74) is 5.65. The van der Waals surface area contributed by atoms with E-state index in [4.69, 9.17) is 10.5 Å². The van der Waals surface area contributed by atoms with Gasteiger partial charge in [-0.25, -0.2) is 0 Å². The van der Waals surface area contributed by atoms with E-state index in [1.54, 1.807) is 0 Å². The molecule has 1 rings (SSSR count). The number of hydrogen-bond acceptors (Lipinski definition) is 4. The third kappa shape index (κ3) is 5.80. The Morgan fingerprint density at radius 3 is 2.61 bits per heavy atom. The quantitative estimate of drug-likeness (QED) is 0.676. The van der Waals surface area contributed by atoms with Crippen molar-refractivity contribution < 1.29 is 9.53 Å².